The van der Waals surface area contributed by atoms with Crippen molar-refractivity contribution in [2.75, 3.05) is 20.1 Å². The van der Waals surface area contributed by atoms with Gasteiger partial charge in [0.2, 0.25) is 0 Å². The van der Waals surface area contributed by atoms with Gasteiger partial charge in [-0.1, -0.05) is 23.7 Å². The molecule has 2 atom stereocenters. The summed E-state index contributed by atoms with van der Waals surface area (Å²) in [5.41, 5.74) is 1.08. The molecule has 0 spiro atoms. The minimum atomic E-state index is -0.712. The van der Waals surface area contributed by atoms with Gasteiger partial charge in [0.1, 0.15) is 0 Å². The summed E-state index contributed by atoms with van der Waals surface area (Å²) in [5.74, 6) is -0.938. The van der Waals surface area contributed by atoms with E-state index in [9.17, 15) is 9.90 Å². The highest BCUT2D eigenvalue weighted by molar-refractivity contribution is 6.30. The van der Waals surface area contributed by atoms with E-state index >= 15 is 0 Å². The lowest BCUT2D eigenvalue weighted by Crippen LogP contribution is -2.40. The summed E-state index contributed by atoms with van der Waals surface area (Å²) < 4.78 is 0. The average molecular weight is 290 g/mol. The molecule has 1 N–H and O–H groups in total. The summed E-state index contributed by atoms with van der Waals surface area (Å²) >= 11 is 5.85. The lowest BCUT2D eigenvalue weighted by Gasteiger charge is -2.34. The molecular weight excluding hydrogens is 273 g/mol. The molecule has 3 nitrogen and oxygen atoms in total. The molecule has 1 aromatic carbocycles. The molecule has 0 radical (unpaired) electrons. The molecular formula is C13H17Cl2NO2. The molecule has 0 aromatic heterocycles. The molecule has 1 fully saturated rings. The van der Waals surface area contributed by atoms with Gasteiger partial charge in [0.15, 0.2) is 0 Å². The van der Waals surface area contributed by atoms with E-state index in [1.54, 1.807) is 0 Å². The first-order valence-electron chi connectivity index (χ1n) is 5.74. The standard InChI is InChI=1S/C13H16ClNO2.ClH/c1-15-7-6-11(12(8-15)13(16)17)9-2-4-10(14)5-3-9;/h2-5,11-12H,6-8H2,1H3,(H,16,17);1H. The quantitative estimate of drug-likeness (QED) is 0.910. The summed E-state index contributed by atoms with van der Waals surface area (Å²) in [6.45, 7) is 1.56. The Kier molecular flexibility index (Phi) is 5.45. The number of carbonyl (C=O) groups is 1. The number of aliphatic carboxylic acids is 1. The van der Waals surface area contributed by atoms with Crippen molar-refractivity contribution in [2.45, 2.75) is 12.3 Å². The van der Waals surface area contributed by atoms with Crippen LogP contribution in [0.15, 0.2) is 24.3 Å². The van der Waals surface area contributed by atoms with Gasteiger partial charge in [-0.15, -0.1) is 12.4 Å². The van der Waals surface area contributed by atoms with Crippen LogP contribution in [-0.4, -0.2) is 36.1 Å². The van der Waals surface area contributed by atoms with Crippen molar-refractivity contribution in [2.24, 2.45) is 5.92 Å². The fourth-order valence-electron chi connectivity index (χ4n) is 2.47. The van der Waals surface area contributed by atoms with Crippen LogP contribution >= 0.6 is 24.0 Å². The van der Waals surface area contributed by atoms with Crippen molar-refractivity contribution in [3.63, 3.8) is 0 Å². The fraction of sp³-hybridized carbons (Fsp3) is 0.462. The number of piperidine rings is 1. The van der Waals surface area contributed by atoms with Crippen LogP contribution in [0.5, 0.6) is 0 Å². The smallest absolute Gasteiger partial charge is 0.308 e. The van der Waals surface area contributed by atoms with Crippen molar-refractivity contribution >= 4 is 30.0 Å². The van der Waals surface area contributed by atoms with Gasteiger partial charge in [0, 0.05) is 11.6 Å². The molecule has 100 valence electrons. The molecule has 2 rings (SSSR count). The molecule has 0 aliphatic carbocycles. The molecule has 2 unspecified atom stereocenters. The number of nitrogens with zero attached hydrogens (tertiary/aromatic N) is 1. The molecule has 1 aromatic rings. The molecule has 0 amide bonds. The van der Waals surface area contributed by atoms with Crippen molar-refractivity contribution in [1.29, 1.82) is 0 Å². The Bertz CT molecular complexity index is 408. The second-order valence-electron chi connectivity index (χ2n) is 4.65. The molecule has 1 aliphatic heterocycles. The number of likely N-dealkylation sites (tertiary alicyclic amines) is 1. The van der Waals surface area contributed by atoms with E-state index < -0.39 is 5.97 Å². The second-order valence-corrected chi connectivity index (χ2v) is 5.09. The van der Waals surface area contributed by atoms with Crippen LogP contribution in [0.2, 0.25) is 5.02 Å². The zero-order valence-corrected chi connectivity index (χ0v) is 11.7. The van der Waals surface area contributed by atoms with E-state index in [2.05, 4.69) is 4.90 Å². The number of hydrogen-bond donors (Lipinski definition) is 1. The molecule has 1 heterocycles. The largest absolute Gasteiger partial charge is 0.481 e. The molecule has 18 heavy (non-hydrogen) atoms. The van der Waals surface area contributed by atoms with Crippen molar-refractivity contribution in [3.8, 4) is 0 Å². The maximum atomic E-state index is 11.3. The van der Waals surface area contributed by atoms with Gasteiger partial charge in [-0.05, 0) is 43.6 Å². The van der Waals surface area contributed by atoms with Gasteiger partial charge in [-0.3, -0.25) is 4.79 Å². The fourth-order valence-corrected chi connectivity index (χ4v) is 2.60. The summed E-state index contributed by atoms with van der Waals surface area (Å²) in [4.78, 5) is 13.4. The first-order chi connectivity index (χ1) is 8.08. The van der Waals surface area contributed by atoms with Crippen LogP contribution in [0, 0.1) is 5.92 Å². The van der Waals surface area contributed by atoms with Gasteiger partial charge >= 0.3 is 5.97 Å². The van der Waals surface area contributed by atoms with Gasteiger partial charge in [-0.25, -0.2) is 0 Å². The summed E-state index contributed by atoms with van der Waals surface area (Å²) in [6.07, 6.45) is 0.884. The molecule has 1 aliphatic rings. The van der Waals surface area contributed by atoms with Crippen LogP contribution in [-0.2, 0) is 4.79 Å². The predicted molar refractivity (Wildman–Crippen MR) is 74.7 cm³/mol. The van der Waals surface area contributed by atoms with E-state index in [1.165, 1.54) is 0 Å². The lowest BCUT2D eigenvalue weighted by atomic mass is 9.80. The monoisotopic (exact) mass is 289 g/mol. The van der Waals surface area contributed by atoms with Crippen LogP contribution < -0.4 is 0 Å². The zero-order valence-electron chi connectivity index (χ0n) is 10.2. The minimum absolute atomic E-state index is 0. The van der Waals surface area contributed by atoms with E-state index in [4.69, 9.17) is 11.6 Å². The number of hydrogen-bond acceptors (Lipinski definition) is 2. The molecule has 5 heteroatoms. The van der Waals surface area contributed by atoms with Crippen molar-refractivity contribution in [3.05, 3.63) is 34.9 Å². The zero-order chi connectivity index (χ0) is 12.4. The third-order valence-corrected chi connectivity index (χ3v) is 3.68. The van der Waals surface area contributed by atoms with Gasteiger partial charge in [0.05, 0.1) is 5.92 Å². The Hall–Kier alpha value is -0.770. The molecule has 0 saturated carbocycles. The third kappa shape index (κ3) is 3.37. The van der Waals surface area contributed by atoms with E-state index in [1.807, 2.05) is 31.3 Å². The Morgan fingerprint density at radius 2 is 2.00 bits per heavy atom. The number of rotatable bonds is 2. The maximum absolute atomic E-state index is 11.3. The summed E-state index contributed by atoms with van der Waals surface area (Å²) in [5, 5.41) is 9.98. The first kappa shape index (κ1) is 15.3. The van der Waals surface area contributed by atoms with Crippen LogP contribution in [0.3, 0.4) is 0 Å². The highest BCUT2D eigenvalue weighted by atomic mass is 35.5. The average Bonchev–Trinajstić information content (AvgIpc) is 2.30. The maximum Gasteiger partial charge on any atom is 0.308 e. The highest BCUT2D eigenvalue weighted by Gasteiger charge is 2.33. The predicted octanol–water partition coefficient (Wildman–Crippen LogP) is 2.88. The van der Waals surface area contributed by atoms with Crippen LogP contribution in [0.25, 0.3) is 0 Å². The van der Waals surface area contributed by atoms with Crippen LogP contribution in [0.4, 0.5) is 0 Å². The third-order valence-electron chi connectivity index (χ3n) is 3.43. The molecule has 1 saturated heterocycles. The van der Waals surface area contributed by atoms with E-state index in [-0.39, 0.29) is 24.2 Å². The Morgan fingerprint density at radius 1 is 1.39 bits per heavy atom. The Balaban J connectivity index is 0.00000162. The number of halogens is 2. The highest BCUT2D eigenvalue weighted by Crippen LogP contribution is 2.33. The number of carboxylic acid groups (broad SMARTS) is 1. The second kappa shape index (κ2) is 6.41. The summed E-state index contributed by atoms with van der Waals surface area (Å²) in [7, 11) is 1.97. The van der Waals surface area contributed by atoms with Gasteiger partial charge in [-0.2, -0.15) is 0 Å². The summed E-state index contributed by atoms with van der Waals surface area (Å²) in [6, 6.07) is 7.53. The minimum Gasteiger partial charge on any atom is -0.481 e. The topological polar surface area (TPSA) is 40.5 Å². The first-order valence-corrected chi connectivity index (χ1v) is 6.12. The van der Waals surface area contributed by atoms with E-state index in [0.29, 0.717) is 11.6 Å². The normalized spacial score (nSPS) is 24.3. The Labute approximate surface area is 118 Å². The van der Waals surface area contributed by atoms with Crippen molar-refractivity contribution < 1.29 is 9.90 Å². The SMILES string of the molecule is CN1CCC(c2ccc(Cl)cc2)C(C(=O)O)C1.Cl. The number of benzene rings is 1. The van der Waals surface area contributed by atoms with Gasteiger partial charge in [0.25, 0.3) is 0 Å². The van der Waals surface area contributed by atoms with Crippen LogP contribution in [0.1, 0.15) is 17.9 Å². The Morgan fingerprint density at radius 3 is 2.56 bits per heavy atom. The van der Waals surface area contributed by atoms with Gasteiger partial charge < -0.3 is 10.0 Å². The van der Waals surface area contributed by atoms with E-state index in [0.717, 1.165) is 18.5 Å². The molecule has 0 bridgehead atoms. The lowest BCUT2D eigenvalue weighted by molar-refractivity contribution is -0.144. The number of carboxylic acids is 1. The van der Waals surface area contributed by atoms with Crippen molar-refractivity contribution in [1.82, 2.24) is 4.90 Å².